The molecule has 4 aliphatic carbocycles. The van der Waals surface area contributed by atoms with E-state index in [1.165, 1.54) is 64.2 Å². The van der Waals surface area contributed by atoms with Gasteiger partial charge in [0.05, 0.1) is 6.61 Å². The lowest BCUT2D eigenvalue weighted by Gasteiger charge is -2.60. The molecule has 29 heavy (non-hydrogen) atoms. The van der Waals surface area contributed by atoms with E-state index in [0.29, 0.717) is 16.7 Å². The van der Waals surface area contributed by atoms with Crippen LogP contribution in [-0.2, 0) is 9.09 Å². The number of hydrogen-bond donors (Lipinski definition) is 2. The summed E-state index contributed by atoms with van der Waals surface area (Å²) in [6.45, 7) is 9.38. The van der Waals surface area contributed by atoms with Crippen LogP contribution in [0.3, 0.4) is 0 Å². The molecule has 0 aromatic heterocycles. The van der Waals surface area contributed by atoms with Gasteiger partial charge < -0.3 is 9.79 Å². The Bertz CT molecular complexity index is 589. The zero-order valence-electron chi connectivity index (χ0n) is 19.2. The molecule has 7 atom stereocenters. The topological polar surface area (TPSA) is 66.8 Å². The molecule has 2 N–H and O–H groups in total. The smallest absolute Gasteiger partial charge is 0.303 e. The molecule has 4 aliphatic rings. The highest BCUT2D eigenvalue weighted by Gasteiger charge is 2.59. The maximum atomic E-state index is 10.9. The van der Waals surface area contributed by atoms with Crippen molar-refractivity contribution in [3.8, 4) is 0 Å². The summed E-state index contributed by atoms with van der Waals surface area (Å²) in [7, 11) is -4.31. The second-order valence-electron chi connectivity index (χ2n) is 10.7. The third-order valence-corrected chi connectivity index (χ3v) is 10.3. The van der Waals surface area contributed by atoms with Gasteiger partial charge in [0.25, 0.3) is 0 Å². The van der Waals surface area contributed by atoms with Gasteiger partial charge in [0.15, 0.2) is 0 Å². The summed E-state index contributed by atoms with van der Waals surface area (Å²) >= 11 is 0. The zero-order valence-corrected chi connectivity index (χ0v) is 20.1. The minimum Gasteiger partial charge on any atom is -0.303 e. The van der Waals surface area contributed by atoms with Gasteiger partial charge in [0.1, 0.15) is 0 Å². The van der Waals surface area contributed by atoms with E-state index >= 15 is 0 Å². The van der Waals surface area contributed by atoms with Crippen molar-refractivity contribution in [2.75, 3.05) is 6.61 Å². The summed E-state index contributed by atoms with van der Waals surface area (Å²) in [4.78, 5) is 17.8. The fourth-order valence-corrected chi connectivity index (χ4v) is 8.76. The molecule has 0 aromatic rings. The fraction of sp³-hybridized carbons (Fsp3) is 1.00. The van der Waals surface area contributed by atoms with Crippen LogP contribution in [0.2, 0.25) is 0 Å². The van der Waals surface area contributed by atoms with Crippen LogP contribution >= 0.6 is 7.82 Å². The van der Waals surface area contributed by atoms with Crippen molar-refractivity contribution in [1.82, 2.24) is 0 Å². The maximum Gasteiger partial charge on any atom is 0.469 e. The van der Waals surface area contributed by atoms with Crippen LogP contribution in [-0.4, -0.2) is 16.4 Å². The summed E-state index contributed by atoms with van der Waals surface area (Å²) in [5.74, 6) is 4.45. The lowest BCUT2D eigenvalue weighted by atomic mass is 9.45. The molecular weight excluding hydrogens is 383 g/mol. The first-order valence-corrected chi connectivity index (χ1v) is 14.0. The van der Waals surface area contributed by atoms with E-state index in [1.54, 1.807) is 0 Å². The highest BCUT2D eigenvalue weighted by molar-refractivity contribution is 7.46. The average molecular weight is 429 g/mol. The fourth-order valence-electron chi connectivity index (χ4n) is 8.39. The first-order chi connectivity index (χ1) is 13.7. The second kappa shape index (κ2) is 9.31. The Balaban J connectivity index is 0.00000117. The van der Waals surface area contributed by atoms with Crippen LogP contribution in [0.1, 0.15) is 105 Å². The molecule has 0 amide bonds. The van der Waals surface area contributed by atoms with Gasteiger partial charge in [0, 0.05) is 0 Å². The predicted octanol–water partition coefficient (Wildman–Crippen LogP) is 6.95. The quantitative estimate of drug-likeness (QED) is 0.367. The molecule has 5 heteroatoms. The van der Waals surface area contributed by atoms with Crippen molar-refractivity contribution in [2.24, 2.45) is 40.4 Å². The highest BCUT2D eigenvalue weighted by atomic mass is 31.2. The SMILES string of the molecule is CC.CC12CCCCC1CCC1C2CCC2(C)C(CCCOP(=O)(O)O)CCC12. The molecule has 170 valence electrons. The number of fused-ring (bicyclic) bond motifs is 5. The van der Waals surface area contributed by atoms with E-state index in [0.717, 1.165) is 36.5 Å². The van der Waals surface area contributed by atoms with Crippen LogP contribution in [0.5, 0.6) is 0 Å². The molecule has 0 bridgehead atoms. The number of phosphoric ester groups is 1. The van der Waals surface area contributed by atoms with Crippen LogP contribution in [0.15, 0.2) is 0 Å². The van der Waals surface area contributed by atoms with Gasteiger partial charge in [-0.25, -0.2) is 4.57 Å². The predicted molar refractivity (Wildman–Crippen MR) is 118 cm³/mol. The van der Waals surface area contributed by atoms with Crippen molar-refractivity contribution in [3.63, 3.8) is 0 Å². The van der Waals surface area contributed by atoms with Crippen molar-refractivity contribution in [2.45, 2.75) is 105 Å². The van der Waals surface area contributed by atoms with E-state index in [4.69, 9.17) is 9.79 Å². The lowest BCUT2D eigenvalue weighted by Crippen LogP contribution is -2.52. The Morgan fingerprint density at radius 1 is 0.897 bits per heavy atom. The molecular formula is C24H45O4P. The van der Waals surface area contributed by atoms with Gasteiger partial charge in [0.2, 0.25) is 0 Å². The number of rotatable bonds is 5. The molecule has 4 rings (SSSR count). The van der Waals surface area contributed by atoms with Gasteiger partial charge in [-0.15, -0.1) is 0 Å². The van der Waals surface area contributed by atoms with E-state index in [1.807, 2.05) is 13.8 Å². The molecule has 0 spiro atoms. The van der Waals surface area contributed by atoms with Crippen LogP contribution in [0, 0.1) is 40.4 Å². The largest absolute Gasteiger partial charge is 0.469 e. The highest BCUT2D eigenvalue weighted by Crippen LogP contribution is 2.67. The van der Waals surface area contributed by atoms with Crippen molar-refractivity contribution in [3.05, 3.63) is 0 Å². The second-order valence-corrected chi connectivity index (χ2v) is 11.9. The van der Waals surface area contributed by atoms with Gasteiger partial charge in [-0.3, -0.25) is 4.52 Å². The first kappa shape index (κ1) is 23.8. The summed E-state index contributed by atoms with van der Waals surface area (Å²) in [6.07, 6.45) is 16.1. The average Bonchev–Trinajstić information content (AvgIpc) is 3.02. The van der Waals surface area contributed by atoms with Crippen molar-refractivity contribution < 1.29 is 18.9 Å². The van der Waals surface area contributed by atoms with Gasteiger partial charge in [-0.1, -0.05) is 40.5 Å². The van der Waals surface area contributed by atoms with Gasteiger partial charge in [-0.05, 0) is 105 Å². The van der Waals surface area contributed by atoms with Gasteiger partial charge in [-0.2, -0.15) is 0 Å². The van der Waals surface area contributed by atoms with Crippen LogP contribution in [0.25, 0.3) is 0 Å². The summed E-state index contributed by atoms with van der Waals surface area (Å²) in [5.41, 5.74) is 1.05. The zero-order chi connectivity index (χ0) is 21.3. The third kappa shape index (κ3) is 4.66. The Labute approximate surface area is 178 Å². The van der Waals surface area contributed by atoms with E-state index in [-0.39, 0.29) is 6.61 Å². The summed E-state index contributed by atoms with van der Waals surface area (Å²) < 4.78 is 15.6. The maximum absolute atomic E-state index is 10.9. The van der Waals surface area contributed by atoms with E-state index in [9.17, 15) is 4.57 Å². The molecule has 0 radical (unpaired) electrons. The number of hydrogen-bond acceptors (Lipinski definition) is 2. The molecule has 4 fully saturated rings. The molecule has 4 nitrogen and oxygen atoms in total. The standard InChI is InChI=1S/C22H39O4P.C2H6/c1-21-13-4-3-6-16(21)8-10-18-19-11-9-17(7-5-15-26-27(23,24)25)22(19,2)14-12-20(18)21;1-2/h16-20H,3-15H2,1-2H3,(H2,23,24,25);1-2H3. The molecule has 0 aliphatic heterocycles. The number of phosphoric acid groups is 1. The minimum absolute atomic E-state index is 0.188. The normalized spacial score (nSPS) is 44.1. The molecule has 0 saturated heterocycles. The Morgan fingerprint density at radius 2 is 1.62 bits per heavy atom. The monoisotopic (exact) mass is 428 g/mol. The molecule has 0 heterocycles. The molecule has 7 unspecified atom stereocenters. The van der Waals surface area contributed by atoms with Crippen LogP contribution in [0.4, 0.5) is 0 Å². The summed E-state index contributed by atoms with van der Waals surface area (Å²) in [5, 5.41) is 0. The van der Waals surface area contributed by atoms with Gasteiger partial charge >= 0.3 is 7.82 Å². The minimum atomic E-state index is -4.31. The Hall–Kier alpha value is 0.110. The van der Waals surface area contributed by atoms with Crippen molar-refractivity contribution in [1.29, 1.82) is 0 Å². The third-order valence-electron chi connectivity index (χ3n) is 9.74. The molecule has 4 saturated carbocycles. The molecule has 0 aromatic carbocycles. The Kier molecular flexibility index (Phi) is 7.63. The Morgan fingerprint density at radius 3 is 2.34 bits per heavy atom. The van der Waals surface area contributed by atoms with E-state index < -0.39 is 7.82 Å². The lowest BCUT2D eigenvalue weighted by molar-refractivity contribution is -0.111. The van der Waals surface area contributed by atoms with E-state index in [2.05, 4.69) is 18.4 Å². The summed E-state index contributed by atoms with van der Waals surface area (Å²) in [6, 6.07) is 0. The van der Waals surface area contributed by atoms with Crippen LogP contribution < -0.4 is 0 Å². The van der Waals surface area contributed by atoms with Crippen molar-refractivity contribution >= 4 is 7.82 Å². The first-order valence-electron chi connectivity index (χ1n) is 12.4.